The predicted molar refractivity (Wildman–Crippen MR) is 109 cm³/mol. The van der Waals surface area contributed by atoms with Gasteiger partial charge in [0.15, 0.2) is 0 Å². The Balaban J connectivity index is 1.34. The van der Waals surface area contributed by atoms with Crippen LogP contribution in [0.4, 0.5) is 0 Å². The van der Waals surface area contributed by atoms with E-state index in [-0.39, 0.29) is 12.4 Å². The molecule has 4 N–H and O–H groups in total. The van der Waals surface area contributed by atoms with E-state index < -0.39 is 46.3 Å². The molecule has 0 spiro atoms. The normalized spacial score (nSPS) is 30.4. The van der Waals surface area contributed by atoms with Crippen molar-refractivity contribution in [2.75, 3.05) is 64.7 Å². The van der Waals surface area contributed by atoms with E-state index in [1.165, 1.54) is 0 Å². The van der Waals surface area contributed by atoms with Gasteiger partial charge in [0.05, 0.1) is 11.9 Å². The van der Waals surface area contributed by atoms with Crippen molar-refractivity contribution in [2.24, 2.45) is 0 Å². The average molecular weight is 465 g/mol. The van der Waals surface area contributed by atoms with Crippen molar-refractivity contribution >= 4 is 22.1 Å². The summed E-state index contributed by atoms with van der Waals surface area (Å²) in [5.41, 5.74) is 0. The van der Waals surface area contributed by atoms with Gasteiger partial charge in [-0.2, -0.15) is 8.42 Å². The third-order valence-corrected chi connectivity index (χ3v) is 6.61. The second-order valence-electron chi connectivity index (χ2n) is 8.12. The Hall–Kier alpha value is -1.35. The molecule has 2 unspecified atom stereocenters. The molecule has 3 heterocycles. The number of carbonyl (C=O) groups excluding carboxylic acids is 2. The predicted octanol–water partition coefficient (Wildman–Crippen LogP) is -2.97. The molecule has 178 valence electrons. The minimum absolute atomic E-state index is 0.200. The van der Waals surface area contributed by atoms with Gasteiger partial charge in [-0.1, -0.05) is 0 Å². The minimum Gasteiger partial charge on any atom is -0.463 e. The zero-order chi connectivity index (χ0) is 22.4. The van der Waals surface area contributed by atoms with Crippen LogP contribution in [0.5, 0.6) is 0 Å². The number of aliphatic hydroxyl groups is 1. The molecular weight excluding hydrogens is 432 g/mol. The maximum absolute atomic E-state index is 12.4. The molecule has 3 saturated heterocycles. The van der Waals surface area contributed by atoms with Gasteiger partial charge in [0.1, 0.15) is 24.8 Å². The van der Waals surface area contributed by atoms with Gasteiger partial charge in [-0.25, -0.2) is 0 Å². The van der Waals surface area contributed by atoms with Gasteiger partial charge in [0, 0.05) is 39.3 Å². The van der Waals surface area contributed by atoms with Crippen LogP contribution >= 0.6 is 0 Å². The molecule has 3 fully saturated rings. The molecule has 4 atom stereocenters. The first kappa shape index (κ1) is 24.3. The zero-order valence-corrected chi connectivity index (χ0v) is 18.3. The molecule has 3 aliphatic heterocycles. The number of nitrogens with one attached hydrogen (secondary N) is 2. The highest BCUT2D eigenvalue weighted by molar-refractivity contribution is 7.85. The first-order valence-corrected chi connectivity index (χ1v) is 12.3. The summed E-state index contributed by atoms with van der Waals surface area (Å²) in [6, 6.07) is -1.48. The van der Waals surface area contributed by atoms with Gasteiger partial charge in [0.25, 0.3) is 10.1 Å². The van der Waals surface area contributed by atoms with Crippen LogP contribution in [0.25, 0.3) is 0 Å². The standard InChI is InChI=1S/C18H32N4O8S/c23-13-1-3-19-15(13)18(25)30-14-2-4-20-16(14)17(24)29-11-9-21-5-7-22(8-6-21)10-12-31(26,27)28/h13-16,19-20,23H,1-12H2,(H,26,27,28)/t13?,14?,15-,16-/m0/s1. The molecule has 0 aliphatic carbocycles. The summed E-state index contributed by atoms with van der Waals surface area (Å²) < 4.78 is 41.3. The first-order chi connectivity index (χ1) is 14.7. The van der Waals surface area contributed by atoms with Crippen molar-refractivity contribution < 1.29 is 37.1 Å². The van der Waals surface area contributed by atoms with Crippen LogP contribution in [0, 0.1) is 0 Å². The van der Waals surface area contributed by atoms with Crippen LogP contribution in [0.15, 0.2) is 0 Å². The lowest BCUT2D eigenvalue weighted by Gasteiger charge is -2.34. The molecule has 3 aliphatic rings. The molecule has 0 radical (unpaired) electrons. The molecule has 0 amide bonds. The summed E-state index contributed by atoms with van der Waals surface area (Å²) in [7, 11) is -3.95. The van der Waals surface area contributed by atoms with Crippen molar-refractivity contribution in [1.82, 2.24) is 20.4 Å². The van der Waals surface area contributed by atoms with Crippen LogP contribution in [0.2, 0.25) is 0 Å². The van der Waals surface area contributed by atoms with Crippen LogP contribution in [0.1, 0.15) is 12.8 Å². The second-order valence-corrected chi connectivity index (χ2v) is 9.69. The number of esters is 2. The Bertz CT molecular complexity index is 728. The van der Waals surface area contributed by atoms with E-state index >= 15 is 0 Å². The highest BCUT2D eigenvalue weighted by atomic mass is 32.2. The largest absolute Gasteiger partial charge is 0.463 e. The molecule has 0 aromatic heterocycles. The highest BCUT2D eigenvalue weighted by Gasteiger charge is 2.40. The lowest BCUT2D eigenvalue weighted by molar-refractivity contribution is -0.159. The SMILES string of the molecule is O=C(OC1CCN[C@@H]1C(=O)OCCN1CCN(CCS(=O)(=O)O)CC1)[C@H]1NCCC1O. The van der Waals surface area contributed by atoms with E-state index in [0.29, 0.717) is 65.2 Å². The van der Waals surface area contributed by atoms with Crippen molar-refractivity contribution in [3.8, 4) is 0 Å². The summed E-state index contributed by atoms with van der Waals surface area (Å²) in [6.07, 6.45) is -0.412. The molecule has 13 heteroatoms. The van der Waals surface area contributed by atoms with E-state index in [4.69, 9.17) is 14.0 Å². The Morgan fingerprint density at radius 1 is 0.935 bits per heavy atom. The fraction of sp³-hybridized carbons (Fsp3) is 0.889. The van der Waals surface area contributed by atoms with Gasteiger partial charge in [-0.05, 0) is 25.9 Å². The Morgan fingerprint density at radius 3 is 2.16 bits per heavy atom. The summed E-state index contributed by atoms with van der Waals surface area (Å²) in [5.74, 6) is -1.30. The molecule has 0 aromatic rings. The van der Waals surface area contributed by atoms with Crippen molar-refractivity contribution in [3.63, 3.8) is 0 Å². The van der Waals surface area contributed by atoms with Crippen LogP contribution in [-0.2, 0) is 29.2 Å². The molecule has 0 saturated carbocycles. The third kappa shape index (κ3) is 7.34. The molecule has 3 rings (SSSR count). The van der Waals surface area contributed by atoms with Gasteiger partial charge in [-0.15, -0.1) is 0 Å². The number of rotatable bonds is 9. The third-order valence-electron chi connectivity index (χ3n) is 5.91. The van der Waals surface area contributed by atoms with Gasteiger partial charge in [-0.3, -0.25) is 23.9 Å². The van der Waals surface area contributed by atoms with E-state index in [0.717, 1.165) is 0 Å². The average Bonchev–Trinajstić information content (AvgIpc) is 3.35. The minimum atomic E-state index is -3.95. The molecule has 0 aromatic carbocycles. The van der Waals surface area contributed by atoms with Gasteiger partial charge in [0.2, 0.25) is 0 Å². The fourth-order valence-electron chi connectivity index (χ4n) is 4.04. The molecule has 31 heavy (non-hydrogen) atoms. The quantitative estimate of drug-likeness (QED) is 0.203. The number of nitrogens with zero attached hydrogens (tertiary/aromatic N) is 2. The zero-order valence-electron chi connectivity index (χ0n) is 17.4. The number of ether oxygens (including phenoxy) is 2. The number of carbonyl (C=O) groups is 2. The van der Waals surface area contributed by atoms with Crippen LogP contribution < -0.4 is 10.6 Å². The lowest BCUT2D eigenvalue weighted by Crippen LogP contribution is -2.49. The van der Waals surface area contributed by atoms with Gasteiger partial charge >= 0.3 is 11.9 Å². The van der Waals surface area contributed by atoms with Crippen molar-refractivity contribution in [1.29, 1.82) is 0 Å². The molecular formula is C18H32N4O8S. The number of hydrogen-bond donors (Lipinski definition) is 4. The van der Waals surface area contributed by atoms with Crippen LogP contribution in [-0.4, -0.2) is 129 Å². The van der Waals surface area contributed by atoms with Crippen molar-refractivity contribution in [3.05, 3.63) is 0 Å². The van der Waals surface area contributed by atoms with E-state index in [1.807, 2.05) is 4.90 Å². The summed E-state index contributed by atoms with van der Waals surface area (Å²) in [4.78, 5) is 28.8. The topological polar surface area (TPSA) is 158 Å². The fourth-order valence-corrected chi connectivity index (χ4v) is 4.53. The number of aliphatic hydroxyl groups excluding tert-OH is 1. The van der Waals surface area contributed by atoms with Gasteiger partial charge < -0.3 is 25.2 Å². The lowest BCUT2D eigenvalue weighted by atomic mass is 10.1. The maximum Gasteiger partial charge on any atom is 0.327 e. The molecule has 0 bridgehead atoms. The van der Waals surface area contributed by atoms with Crippen LogP contribution in [0.3, 0.4) is 0 Å². The Morgan fingerprint density at radius 2 is 1.55 bits per heavy atom. The van der Waals surface area contributed by atoms with E-state index in [2.05, 4.69) is 15.5 Å². The summed E-state index contributed by atoms with van der Waals surface area (Å²) in [6.45, 7) is 4.89. The van der Waals surface area contributed by atoms with E-state index in [9.17, 15) is 23.1 Å². The van der Waals surface area contributed by atoms with Crippen molar-refractivity contribution in [2.45, 2.75) is 37.1 Å². The Labute approximate surface area is 182 Å². The Kier molecular flexibility index (Phi) is 8.61. The maximum atomic E-state index is 12.4. The summed E-state index contributed by atoms with van der Waals surface area (Å²) in [5, 5.41) is 15.7. The number of piperazine rings is 1. The van der Waals surface area contributed by atoms with E-state index in [1.54, 1.807) is 0 Å². The monoisotopic (exact) mass is 464 g/mol. The second kappa shape index (κ2) is 11.0. The molecule has 12 nitrogen and oxygen atoms in total. The first-order valence-electron chi connectivity index (χ1n) is 10.6. The summed E-state index contributed by atoms with van der Waals surface area (Å²) >= 11 is 0. The smallest absolute Gasteiger partial charge is 0.327 e. The number of hydrogen-bond acceptors (Lipinski definition) is 11. The highest BCUT2D eigenvalue weighted by Crippen LogP contribution is 2.17.